The Hall–Kier alpha value is -3.60. The van der Waals surface area contributed by atoms with Gasteiger partial charge < -0.3 is 20.0 Å². The average molecular weight is 360 g/mol. The third kappa shape index (κ3) is 4.33. The fourth-order valence-electron chi connectivity index (χ4n) is 2.82. The van der Waals surface area contributed by atoms with Crippen LogP contribution in [0.2, 0.25) is 0 Å². The third-order valence-corrected chi connectivity index (χ3v) is 4.18. The van der Waals surface area contributed by atoms with Crippen molar-refractivity contribution in [3.63, 3.8) is 0 Å². The summed E-state index contributed by atoms with van der Waals surface area (Å²) in [6.45, 7) is 0. The number of rotatable bonds is 6. The molecule has 5 heteroatoms. The van der Waals surface area contributed by atoms with E-state index in [1.165, 1.54) is 25.3 Å². The average Bonchev–Trinajstić information content (AvgIpc) is 2.69. The number of ether oxygens (including phenoxy) is 1. The van der Waals surface area contributed by atoms with Gasteiger partial charge in [0, 0.05) is 11.1 Å². The van der Waals surface area contributed by atoms with Crippen molar-refractivity contribution in [3.8, 4) is 5.75 Å². The molecule has 0 bridgehead atoms. The van der Waals surface area contributed by atoms with E-state index in [1.807, 2.05) is 42.5 Å². The summed E-state index contributed by atoms with van der Waals surface area (Å²) in [7, 11) is 1.41. The fourth-order valence-corrected chi connectivity index (χ4v) is 2.82. The number of carbonyl (C=O) groups excluding carboxylic acids is 2. The molecule has 1 N–H and O–H groups in total. The molecular weight excluding hydrogens is 342 g/mol. The summed E-state index contributed by atoms with van der Waals surface area (Å²) in [5.41, 5.74) is 2.92. The van der Waals surface area contributed by atoms with Gasteiger partial charge in [-0.05, 0) is 35.7 Å². The number of carbonyl (C=O) groups is 2. The standard InChI is InChI=1S/C22H19NO4/c1-27-20-14-17(22(25)26)11-12-19(20)23-21(24)18-10-6-5-9-16(18)13-15-7-3-2-4-8-15/h2-12,14H,13H2,1H3,(H,23,24)(H,25,26)/p-1. The first-order chi connectivity index (χ1) is 13.1. The Morgan fingerprint density at radius 2 is 1.67 bits per heavy atom. The van der Waals surface area contributed by atoms with Crippen LogP contribution in [0.25, 0.3) is 0 Å². The number of hydrogen-bond acceptors (Lipinski definition) is 4. The number of anilines is 1. The lowest BCUT2D eigenvalue weighted by atomic mass is 9.99. The van der Waals surface area contributed by atoms with E-state index in [9.17, 15) is 14.7 Å². The molecule has 3 aromatic rings. The van der Waals surface area contributed by atoms with Crippen LogP contribution in [0, 0.1) is 0 Å². The summed E-state index contributed by atoms with van der Waals surface area (Å²) >= 11 is 0. The van der Waals surface area contributed by atoms with E-state index in [4.69, 9.17) is 4.74 Å². The van der Waals surface area contributed by atoms with E-state index in [-0.39, 0.29) is 17.2 Å². The maximum Gasteiger partial charge on any atom is 0.256 e. The maximum atomic E-state index is 12.8. The van der Waals surface area contributed by atoms with Crippen LogP contribution in [-0.4, -0.2) is 19.0 Å². The van der Waals surface area contributed by atoms with Crippen LogP contribution >= 0.6 is 0 Å². The van der Waals surface area contributed by atoms with E-state index < -0.39 is 5.97 Å². The highest BCUT2D eigenvalue weighted by Gasteiger charge is 2.14. The SMILES string of the molecule is COc1cc(C(=O)[O-])ccc1NC(=O)c1ccccc1Cc1ccccc1. The predicted molar refractivity (Wildman–Crippen MR) is 101 cm³/mol. The monoisotopic (exact) mass is 360 g/mol. The third-order valence-electron chi connectivity index (χ3n) is 4.18. The number of benzene rings is 3. The van der Waals surface area contributed by atoms with Gasteiger partial charge in [0.15, 0.2) is 0 Å². The number of amides is 1. The van der Waals surface area contributed by atoms with Gasteiger partial charge in [-0.2, -0.15) is 0 Å². The van der Waals surface area contributed by atoms with E-state index in [0.717, 1.165) is 11.1 Å². The van der Waals surface area contributed by atoms with Crippen LogP contribution in [0.4, 0.5) is 5.69 Å². The number of nitrogens with one attached hydrogen (secondary N) is 1. The van der Waals surface area contributed by atoms with Gasteiger partial charge in [-0.3, -0.25) is 4.79 Å². The van der Waals surface area contributed by atoms with Crippen molar-refractivity contribution in [3.05, 3.63) is 95.1 Å². The van der Waals surface area contributed by atoms with Gasteiger partial charge in [0.05, 0.1) is 18.8 Å². The van der Waals surface area contributed by atoms with Crippen LogP contribution < -0.4 is 15.2 Å². The summed E-state index contributed by atoms with van der Waals surface area (Å²) in [6, 6.07) is 21.4. The van der Waals surface area contributed by atoms with Gasteiger partial charge in [-0.25, -0.2) is 0 Å². The van der Waals surface area contributed by atoms with E-state index in [0.29, 0.717) is 17.7 Å². The highest BCUT2D eigenvalue weighted by Crippen LogP contribution is 2.26. The molecule has 0 aliphatic carbocycles. The van der Waals surface area contributed by atoms with E-state index in [1.54, 1.807) is 12.1 Å². The van der Waals surface area contributed by atoms with Crippen LogP contribution in [0.3, 0.4) is 0 Å². The van der Waals surface area contributed by atoms with Gasteiger partial charge in [-0.15, -0.1) is 0 Å². The predicted octanol–water partition coefficient (Wildman–Crippen LogP) is 2.90. The second-order valence-corrected chi connectivity index (χ2v) is 5.98. The summed E-state index contributed by atoms with van der Waals surface area (Å²) in [4.78, 5) is 23.8. The zero-order valence-corrected chi connectivity index (χ0v) is 14.8. The lowest BCUT2D eigenvalue weighted by molar-refractivity contribution is -0.255. The van der Waals surface area contributed by atoms with Gasteiger partial charge in [0.25, 0.3) is 5.91 Å². The topological polar surface area (TPSA) is 78.5 Å². The minimum Gasteiger partial charge on any atom is -0.545 e. The van der Waals surface area contributed by atoms with E-state index in [2.05, 4.69) is 5.32 Å². The Labute approximate surface area is 157 Å². The molecule has 0 aromatic heterocycles. The zero-order valence-electron chi connectivity index (χ0n) is 14.8. The normalized spacial score (nSPS) is 10.3. The Morgan fingerprint density at radius 3 is 2.37 bits per heavy atom. The van der Waals surface area contributed by atoms with Crippen LogP contribution in [0.1, 0.15) is 31.8 Å². The van der Waals surface area contributed by atoms with Gasteiger partial charge in [-0.1, -0.05) is 54.6 Å². The van der Waals surface area contributed by atoms with Crippen LogP contribution in [0.15, 0.2) is 72.8 Å². The minimum atomic E-state index is -1.31. The molecule has 5 nitrogen and oxygen atoms in total. The highest BCUT2D eigenvalue weighted by atomic mass is 16.5. The van der Waals surface area contributed by atoms with Gasteiger partial charge >= 0.3 is 0 Å². The maximum absolute atomic E-state index is 12.8. The van der Waals surface area contributed by atoms with Crippen molar-refractivity contribution >= 4 is 17.6 Å². The molecule has 0 spiro atoms. The zero-order chi connectivity index (χ0) is 19.2. The number of aromatic carboxylic acids is 1. The molecule has 0 aliphatic heterocycles. The van der Waals surface area contributed by atoms with Crippen molar-refractivity contribution in [2.75, 3.05) is 12.4 Å². The molecule has 136 valence electrons. The van der Waals surface area contributed by atoms with Crippen molar-refractivity contribution in [2.45, 2.75) is 6.42 Å². The van der Waals surface area contributed by atoms with Crippen LogP contribution in [-0.2, 0) is 6.42 Å². The largest absolute Gasteiger partial charge is 0.545 e. The molecule has 0 aliphatic rings. The first-order valence-corrected chi connectivity index (χ1v) is 8.41. The Morgan fingerprint density at radius 1 is 0.963 bits per heavy atom. The number of hydrogen-bond donors (Lipinski definition) is 1. The van der Waals surface area contributed by atoms with Crippen molar-refractivity contribution < 1.29 is 19.4 Å². The summed E-state index contributed by atoms with van der Waals surface area (Å²) in [6.07, 6.45) is 0.630. The summed E-state index contributed by atoms with van der Waals surface area (Å²) < 4.78 is 5.19. The molecule has 0 heterocycles. The van der Waals surface area contributed by atoms with Crippen LogP contribution in [0.5, 0.6) is 5.75 Å². The minimum absolute atomic E-state index is 0.0191. The molecule has 0 saturated carbocycles. The molecule has 0 unspecified atom stereocenters. The second-order valence-electron chi connectivity index (χ2n) is 5.98. The molecule has 0 atom stereocenters. The number of methoxy groups -OCH3 is 1. The lowest BCUT2D eigenvalue weighted by Gasteiger charge is -2.14. The smallest absolute Gasteiger partial charge is 0.256 e. The van der Waals surface area contributed by atoms with Gasteiger partial charge in [0.2, 0.25) is 0 Å². The summed E-state index contributed by atoms with van der Waals surface area (Å²) in [5, 5.41) is 13.8. The highest BCUT2D eigenvalue weighted by molar-refractivity contribution is 6.06. The molecule has 3 rings (SSSR count). The Balaban J connectivity index is 1.86. The van der Waals surface area contributed by atoms with Crippen molar-refractivity contribution in [1.82, 2.24) is 0 Å². The number of carboxylic acids is 1. The Bertz CT molecular complexity index is 967. The molecule has 3 aromatic carbocycles. The lowest BCUT2D eigenvalue weighted by Crippen LogP contribution is -2.22. The molecule has 0 saturated heterocycles. The molecule has 27 heavy (non-hydrogen) atoms. The second kappa shape index (κ2) is 8.19. The molecule has 0 fully saturated rings. The van der Waals surface area contributed by atoms with Crippen molar-refractivity contribution in [2.24, 2.45) is 0 Å². The van der Waals surface area contributed by atoms with Crippen molar-refractivity contribution in [1.29, 1.82) is 0 Å². The summed E-state index contributed by atoms with van der Waals surface area (Å²) in [5.74, 6) is -1.34. The molecule has 0 radical (unpaired) electrons. The first-order valence-electron chi connectivity index (χ1n) is 8.41. The fraction of sp³-hybridized carbons (Fsp3) is 0.0909. The Kier molecular flexibility index (Phi) is 5.52. The quantitative estimate of drug-likeness (QED) is 0.733. The first kappa shape index (κ1) is 18.2. The van der Waals surface area contributed by atoms with Gasteiger partial charge in [0.1, 0.15) is 5.75 Å². The number of carboxylic acid groups (broad SMARTS) is 1. The molecular formula is C22H18NO4-. The molecule has 1 amide bonds. The van der Waals surface area contributed by atoms with E-state index >= 15 is 0 Å².